The second-order valence-electron chi connectivity index (χ2n) is 5.42. The Bertz CT molecular complexity index is 856. The summed E-state index contributed by atoms with van der Waals surface area (Å²) in [5, 5.41) is 14.7. The lowest BCUT2D eigenvalue weighted by atomic mass is 10.1. The first-order chi connectivity index (χ1) is 12.1. The van der Waals surface area contributed by atoms with Crippen molar-refractivity contribution >= 4 is 46.5 Å². The summed E-state index contributed by atoms with van der Waals surface area (Å²) >= 11 is 6.50. The summed E-state index contributed by atoms with van der Waals surface area (Å²) in [5.41, 5.74) is 2.98. The molecule has 4 nitrogen and oxygen atoms in total. The molecule has 0 radical (unpaired) electrons. The van der Waals surface area contributed by atoms with E-state index in [1.165, 1.54) is 22.3 Å². The van der Waals surface area contributed by atoms with Gasteiger partial charge in [0, 0.05) is 0 Å². The first-order valence-corrected chi connectivity index (χ1v) is 8.99. The maximum Gasteiger partial charge on any atom is 0.286 e. The van der Waals surface area contributed by atoms with E-state index in [0.717, 1.165) is 17.5 Å². The van der Waals surface area contributed by atoms with E-state index in [0.29, 0.717) is 9.23 Å². The second kappa shape index (κ2) is 7.63. The van der Waals surface area contributed by atoms with Gasteiger partial charge in [0.05, 0.1) is 11.1 Å². The molecule has 1 aliphatic heterocycles. The number of amides is 1. The standard InChI is InChI=1S/C19H16N2O2S2/c1-2-13-3-5-14(6-4-13)11-17-18(23)21(19(24)25-17)20-12-15-7-9-16(22)10-8-15/h3-12,22H,2H2,1H3/b17-11+,20-12+. The SMILES string of the molecule is CCc1ccc(/C=C2/SC(=S)N(/N=C/c3ccc(O)cc3)C2=O)cc1. The zero-order valence-electron chi connectivity index (χ0n) is 13.5. The Morgan fingerprint density at radius 1 is 1.12 bits per heavy atom. The van der Waals surface area contributed by atoms with E-state index in [-0.39, 0.29) is 11.7 Å². The topological polar surface area (TPSA) is 52.9 Å². The minimum Gasteiger partial charge on any atom is -0.508 e. The Hall–Kier alpha value is -2.44. The van der Waals surface area contributed by atoms with Crippen LogP contribution in [0.25, 0.3) is 6.08 Å². The number of benzene rings is 2. The van der Waals surface area contributed by atoms with E-state index in [1.54, 1.807) is 30.5 Å². The molecule has 2 aromatic rings. The number of rotatable bonds is 4. The third-order valence-corrected chi connectivity index (χ3v) is 4.96. The average Bonchev–Trinajstić information content (AvgIpc) is 2.89. The van der Waals surface area contributed by atoms with Gasteiger partial charge in [-0.1, -0.05) is 43.0 Å². The lowest BCUT2D eigenvalue weighted by Crippen LogP contribution is -2.22. The van der Waals surface area contributed by atoms with Crippen LogP contribution in [0.3, 0.4) is 0 Å². The molecule has 0 saturated carbocycles. The highest BCUT2D eigenvalue weighted by atomic mass is 32.2. The number of nitrogens with zero attached hydrogens (tertiary/aromatic N) is 2. The number of hydrogen-bond donors (Lipinski definition) is 1. The number of phenols is 1. The zero-order chi connectivity index (χ0) is 17.8. The van der Waals surface area contributed by atoms with Crippen molar-refractivity contribution in [3.05, 3.63) is 70.1 Å². The van der Waals surface area contributed by atoms with Crippen LogP contribution in [0.2, 0.25) is 0 Å². The molecule has 1 heterocycles. The van der Waals surface area contributed by atoms with E-state index in [2.05, 4.69) is 24.2 Å². The maximum atomic E-state index is 12.5. The quantitative estimate of drug-likeness (QED) is 0.499. The van der Waals surface area contributed by atoms with Gasteiger partial charge in [0.15, 0.2) is 4.32 Å². The van der Waals surface area contributed by atoms with Crippen LogP contribution in [0, 0.1) is 0 Å². The number of phenolic OH excluding ortho intramolecular Hbond substituents is 1. The van der Waals surface area contributed by atoms with Crippen molar-refractivity contribution in [1.82, 2.24) is 5.01 Å². The molecule has 1 fully saturated rings. The molecule has 0 aromatic heterocycles. The first-order valence-electron chi connectivity index (χ1n) is 7.76. The van der Waals surface area contributed by atoms with Gasteiger partial charge in [0.2, 0.25) is 0 Å². The van der Waals surface area contributed by atoms with Gasteiger partial charge in [-0.15, -0.1) is 0 Å². The molecule has 1 N–H and O–H groups in total. The third-order valence-electron chi connectivity index (χ3n) is 3.67. The van der Waals surface area contributed by atoms with Crippen LogP contribution in [0.15, 0.2) is 58.5 Å². The van der Waals surface area contributed by atoms with Gasteiger partial charge in [0.25, 0.3) is 5.91 Å². The molecule has 0 bridgehead atoms. The summed E-state index contributed by atoms with van der Waals surface area (Å²) in [6, 6.07) is 14.6. The molecule has 6 heteroatoms. The molecular formula is C19H16N2O2S2. The maximum absolute atomic E-state index is 12.5. The summed E-state index contributed by atoms with van der Waals surface area (Å²) in [4.78, 5) is 13.1. The van der Waals surface area contributed by atoms with E-state index >= 15 is 0 Å². The molecule has 0 aliphatic carbocycles. The number of aryl methyl sites for hydroxylation is 1. The van der Waals surface area contributed by atoms with Crippen LogP contribution >= 0.6 is 24.0 Å². The lowest BCUT2D eigenvalue weighted by molar-refractivity contribution is -0.122. The van der Waals surface area contributed by atoms with E-state index in [1.807, 2.05) is 18.2 Å². The van der Waals surface area contributed by atoms with Gasteiger partial charge >= 0.3 is 0 Å². The Balaban J connectivity index is 1.77. The van der Waals surface area contributed by atoms with Crippen LogP contribution < -0.4 is 0 Å². The number of thiocarbonyl (C=S) groups is 1. The van der Waals surface area contributed by atoms with Crippen molar-refractivity contribution in [2.75, 3.05) is 0 Å². The van der Waals surface area contributed by atoms with Crippen molar-refractivity contribution < 1.29 is 9.90 Å². The molecule has 1 saturated heterocycles. The minimum absolute atomic E-state index is 0.180. The summed E-state index contributed by atoms with van der Waals surface area (Å²) in [5.74, 6) is -0.0515. The molecule has 1 aliphatic rings. The lowest BCUT2D eigenvalue weighted by Gasteiger charge is -2.06. The van der Waals surface area contributed by atoms with Crippen LogP contribution in [0.5, 0.6) is 5.75 Å². The Morgan fingerprint density at radius 2 is 1.76 bits per heavy atom. The second-order valence-corrected chi connectivity index (χ2v) is 7.10. The van der Waals surface area contributed by atoms with Crippen molar-refractivity contribution in [2.24, 2.45) is 5.10 Å². The van der Waals surface area contributed by atoms with Crippen LogP contribution in [0.4, 0.5) is 0 Å². The summed E-state index contributed by atoms with van der Waals surface area (Å²) in [6.45, 7) is 2.10. The fourth-order valence-corrected chi connectivity index (χ4v) is 3.42. The number of hydrogen-bond acceptors (Lipinski definition) is 5. The van der Waals surface area contributed by atoms with E-state index in [4.69, 9.17) is 12.2 Å². The summed E-state index contributed by atoms with van der Waals surface area (Å²) in [6.07, 6.45) is 4.35. The Morgan fingerprint density at radius 3 is 2.40 bits per heavy atom. The minimum atomic E-state index is -0.232. The number of thioether (sulfide) groups is 1. The van der Waals surface area contributed by atoms with Gasteiger partial charge in [-0.3, -0.25) is 4.79 Å². The first kappa shape index (κ1) is 17.4. The molecule has 1 amide bonds. The third kappa shape index (κ3) is 4.15. The fourth-order valence-electron chi connectivity index (χ4n) is 2.24. The van der Waals surface area contributed by atoms with Crippen molar-refractivity contribution in [2.45, 2.75) is 13.3 Å². The van der Waals surface area contributed by atoms with Crippen LogP contribution in [0.1, 0.15) is 23.6 Å². The number of aromatic hydroxyl groups is 1. The predicted octanol–water partition coefficient (Wildman–Crippen LogP) is 4.19. The van der Waals surface area contributed by atoms with E-state index in [9.17, 15) is 9.90 Å². The number of carbonyl (C=O) groups is 1. The molecule has 3 rings (SSSR count). The highest BCUT2D eigenvalue weighted by molar-refractivity contribution is 8.26. The number of hydrazone groups is 1. The predicted molar refractivity (Wildman–Crippen MR) is 107 cm³/mol. The van der Waals surface area contributed by atoms with Crippen molar-refractivity contribution in [3.63, 3.8) is 0 Å². The summed E-state index contributed by atoms with van der Waals surface area (Å²) < 4.78 is 0.399. The highest BCUT2D eigenvalue weighted by Gasteiger charge is 2.31. The molecule has 126 valence electrons. The fraction of sp³-hybridized carbons (Fsp3) is 0.105. The van der Waals surface area contributed by atoms with Crippen LogP contribution in [-0.2, 0) is 11.2 Å². The summed E-state index contributed by atoms with van der Waals surface area (Å²) in [7, 11) is 0. The van der Waals surface area contributed by atoms with Gasteiger partial charge in [0.1, 0.15) is 5.75 Å². The van der Waals surface area contributed by atoms with Crippen LogP contribution in [-0.4, -0.2) is 26.6 Å². The number of carbonyl (C=O) groups excluding carboxylic acids is 1. The normalized spacial score (nSPS) is 16.4. The van der Waals surface area contributed by atoms with Gasteiger partial charge < -0.3 is 5.11 Å². The van der Waals surface area contributed by atoms with Crippen molar-refractivity contribution in [3.8, 4) is 5.75 Å². The van der Waals surface area contributed by atoms with E-state index < -0.39 is 0 Å². The highest BCUT2D eigenvalue weighted by Crippen LogP contribution is 2.32. The Kier molecular flexibility index (Phi) is 5.31. The van der Waals surface area contributed by atoms with Gasteiger partial charge in [-0.05, 0) is 65.7 Å². The molecule has 0 spiro atoms. The van der Waals surface area contributed by atoms with Gasteiger partial charge in [-0.2, -0.15) is 10.1 Å². The average molecular weight is 368 g/mol. The van der Waals surface area contributed by atoms with Gasteiger partial charge in [-0.25, -0.2) is 0 Å². The molecule has 0 unspecified atom stereocenters. The Labute approximate surface area is 155 Å². The zero-order valence-corrected chi connectivity index (χ0v) is 15.2. The molecular weight excluding hydrogens is 352 g/mol. The monoisotopic (exact) mass is 368 g/mol. The molecule has 25 heavy (non-hydrogen) atoms. The molecule has 0 atom stereocenters. The largest absolute Gasteiger partial charge is 0.508 e. The smallest absolute Gasteiger partial charge is 0.286 e. The molecule has 2 aromatic carbocycles. The van der Waals surface area contributed by atoms with Crippen molar-refractivity contribution in [1.29, 1.82) is 0 Å².